The molecule has 0 spiro atoms. The van der Waals surface area contributed by atoms with Crippen LogP contribution in [0.5, 0.6) is 0 Å². The van der Waals surface area contributed by atoms with Crippen molar-refractivity contribution in [2.75, 3.05) is 6.54 Å². The highest BCUT2D eigenvalue weighted by atomic mass is 14.9. The molecule has 1 aliphatic carbocycles. The zero-order valence-corrected chi connectivity index (χ0v) is 6.27. The van der Waals surface area contributed by atoms with Gasteiger partial charge >= 0.3 is 0 Å². The van der Waals surface area contributed by atoms with Crippen LogP contribution in [-0.2, 0) is 0 Å². The average molecular weight is 149 g/mol. The number of rotatable bonds is 2. The quantitative estimate of drug-likeness (QED) is 0.667. The summed E-state index contributed by atoms with van der Waals surface area (Å²) in [6.07, 6.45) is 4.74. The van der Waals surface area contributed by atoms with Crippen molar-refractivity contribution in [1.29, 1.82) is 0 Å². The minimum atomic E-state index is 0.543. The molecule has 1 aromatic rings. The summed E-state index contributed by atoms with van der Waals surface area (Å²) in [6.45, 7) is 0.767. The van der Waals surface area contributed by atoms with E-state index in [-0.39, 0.29) is 0 Å². The van der Waals surface area contributed by atoms with Crippen molar-refractivity contribution in [3.8, 4) is 0 Å². The molecule has 11 heavy (non-hydrogen) atoms. The molecule has 0 aliphatic heterocycles. The maximum Gasteiger partial charge on any atom is 0.131 e. The lowest BCUT2D eigenvalue weighted by molar-refractivity contribution is 0.777. The lowest BCUT2D eigenvalue weighted by Crippen LogP contribution is -2.03. The van der Waals surface area contributed by atoms with Gasteiger partial charge in [0.05, 0.1) is 0 Å². The summed E-state index contributed by atoms with van der Waals surface area (Å²) in [4.78, 5) is 8.34. The SMILES string of the molecule is NC[C@@H]1C[C@H]1c1ncccn1. The molecular formula is C8H11N3. The predicted molar refractivity (Wildman–Crippen MR) is 41.9 cm³/mol. The Hall–Kier alpha value is -0.960. The van der Waals surface area contributed by atoms with E-state index in [0.29, 0.717) is 11.8 Å². The largest absolute Gasteiger partial charge is 0.330 e. The van der Waals surface area contributed by atoms with Crippen molar-refractivity contribution in [2.45, 2.75) is 12.3 Å². The van der Waals surface area contributed by atoms with Crippen LogP contribution in [0.25, 0.3) is 0 Å². The summed E-state index contributed by atoms with van der Waals surface area (Å²) in [5, 5.41) is 0. The number of aromatic nitrogens is 2. The average Bonchev–Trinajstić information content (AvgIpc) is 2.85. The molecule has 0 bridgehead atoms. The zero-order chi connectivity index (χ0) is 7.68. The molecule has 58 valence electrons. The van der Waals surface area contributed by atoms with Crippen LogP contribution in [0.3, 0.4) is 0 Å². The van der Waals surface area contributed by atoms with E-state index in [1.807, 2.05) is 6.07 Å². The van der Waals surface area contributed by atoms with Crippen LogP contribution >= 0.6 is 0 Å². The van der Waals surface area contributed by atoms with Gasteiger partial charge in [-0.25, -0.2) is 9.97 Å². The first kappa shape index (κ1) is 6.73. The minimum Gasteiger partial charge on any atom is -0.330 e. The minimum absolute atomic E-state index is 0.543. The van der Waals surface area contributed by atoms with Gasteiger partial charge in [0.1, 0.15) is 5.82 Å². The van der Waals surface area contributed by atoms with Gasteiger partial charge in [0, 0.05) is 18.3 Å². The van der Waals surface area contributed by atoms with Crippen LogP contribution in [0.2, 0.25) is 0 Å². The molecule has 2 atom stereocenters. The summed E-state index contributed by atoms with van der Waals surface area (Å²) >= 11 is 0. The monoisotopic (exact) mass is 149 g/mol. The normalized spacial score (nSPS) is 28.5. The molecule has 0 aromatic carbocycles. The van der Waals surface area contributed by atoms with E-state index < -0.39 is 0 Å². The fraction of sp³-hybridized carbons (Fsp3) is 0.500. The Morgan fingerprint density at radius 1 is 1.45 bits per heavy atom. The van der Waals surface area contributed by atoms with Gasteiger partial charge in [0.15, 0.2) is 0 Å². The highest BCUT2D eigenvalue weighted by Gasteiger charge is 2.38. The first-order valence-electron chi connectivity index (χ1n) is 3.89. The second kappa shape index (κ2) is 2.58. The van der Waals surface area contributed by atoms with Crippen LogP contribution in [0.15, 0.2) is 18.5 Å². The number of nitrogens with zero attached hydrogens (tertiary/aromatic N) is 2. The van der Waals surface area contributed by atoms with E-state index in [0.717, 1.165) is 12.4 Å². The van der Waals surface area contributed by atoms with Crippen LogP contribution in [0.1, 0.15) is 18.2 Å². The molecule has 1 fully saturated rings. The second-order valence-electron chi connectivity index (χ2n) is 2.94. The standard InChI is InChI=1S/C8H11N3/c9-5-6-4-7(6)8-10-2-1-3-11-8/h1-3,6-7H,4-5,9H2/t6-,7+/m0/s1. The van der Waals surface area contributed by atoms with E-state index in [9.17, 15) is 0 Å². The molecule has 0 saturated heterocycles. The third-order valence-electron chi connectivity index (χ3n) is 2.14. The Kier molecular flexibility index (Phi) is 1.58. The van der Waals surface area contributed by atoms with Crippen LogP contribution in [-0.4, -0.2) is 16.5 Å². The summed E-state index contributed by atoms with van der Waals surface area (Å²) < 4.78 is 0. The number of nitrogens with two attached hydrogens (primary N) is 1. The fourth-order valence-electron chi connectivity index (χ4n) is 1.33. The van der Waals surface area contributed by atoms with Crippen LogP contribution in [0, 0.1) is 5.92 Å². The topological polar surface area (TPSA) is 51.8 Å². The van der Waals surface area contributed by atoms with Crippen molar-refractivity contribution in [3.63, 3.8) is 0 Å². The predicted octanol–water partition coefficient (Wildman–Crippen LogP) is 0.539. The highest BCUT2D eigenvalue weighted by Crippen LogP contribution is 2.44. The maximum atomic E-state index is 5.51. The molecule has 2 N–H and O–H groups in total. The Bertz CT molecular complexity index is 234. The van der Waals surface area contributed by atoms with E-state index in [1.54, 1.807) is 12.4 Å². The van der Waals surface area contributed by atoms with Crippen molar-refractivity contribution in [1.82, 2.24) is 9.97 Å². The van der Waals surface area contributed by atoms with Gasteiger partial charge in [-0.3, -0.25) is 0 Å². The van der Waals surface area contributed by atoms with Gasteiger partial charge < -0.3 is 5.73 Å². The van der Waals surface area contributed by atoms with Crippen molar-refractivity contribution in [3.05, 3.63) is 24.3 Å². The molecule has 0 amide bonds. The van der Waals surface area contributed by atoms with E-state index in [4.69, 9.17) is 5.73 Å². The number of hydrogen-bond donors (Lipinski definition) is 1. The number of hydrogen-bond acceptors (Lipinski definition) is 3. The first-order chi connectivity index (χ1) is 5.42. The lowest BCUT2D eigenvalue weighted by Gasteiger charge is -1.94. The molecule has 0 radical (unpaired) electrons. The van der Waals surface area contributed by atoms with E-state index in [1.165, 1.54) is 6.42 Å². The fourth-order valence-corrected chi connectivity index (χ4v) is 1.33. The van der Waals surface area contributed by atoms with Gasteiger partial charge in [0.2, 0.25) is 0 Å². The van der Waals surface area contributed by atoms with Gasteiger partial charge in [-0.05, 0) is 24.9 Å². The van der Waals surface area contributed by atoms with Crippen LogP contribution < -0.4 is 5.73 Å². The van der Waals surface area contributed by atoms with Crippen LogP contribution in [0.4, 0.5) is 0 Å². The molecule has 1 aromatic heterocycles. The summed E-state index contributed by atoms with van der Waals surface area (Å²) in [6, 6.07) is 1.84. The highest BCUT2D eigenvalue weighted by molar-refractivity contribution is 5.09. The van der Waals surface area contributed by atoms with Gasteiger partial charge in [0.25, 0.3) is 0 Å². The van der Waals surface area contributed by atoms with Gasteiger partial charge in [-0.15, -0.1) is 0 Å². The summed E-state index contributed by atoms with van der Waals surface area (Å²) in [5.74, 6) is 2.14. The van der Waals surface area contributed by atoms with Crippen molar-refractivity contribution in [2.24, 2.45) is 11.7 Å². The summed E-state index contributed by atoms with van der Waals surface area (Å²) in [5.41, 5.74) is 5.51. The Labute approximate surface area is 65.7 Å². The Morgan fingerprint density at radius 2 is 2.18 bits per heavy atom. The van der Waals surface area contributed by atoms with Crippen molar-refractivity contribution < 1.29 is 0 Å². The van der Waals surface area contributed by atoms with E-state index >= 15 is 0 Å². The molecule has 0 unspecified atom stereocenters. The van der Waals surface area contributed by atoms with Crippen molar-refractivity contribution >= 4 is 0 Å². The third-order valence-corrected chi connectivity index (χ3v) is 2.14. The zero-order valence-electron chi connectivity index (χ0n) is 6.27. The molecule has 2 rings (SSSR count). The first-order valence-corrected chi connectivity index (χ1v) is 3.89. The van der Waals surface area contributed by atoms with E-state index in [2.05, 4.69) is 9.97 Å². The smallest absolute Gasteiger partial charge is 0.131 e. The molecule has 3 nitrogen and oxygen atoms in total. The Balaban J connectivity index is 2.09. The summed E-state index contributed by atoms with van der Waals surface area (Å²) in [7, 11) is 0. The third kappa shape index (κ3) is 1.24. The van der Waals surface area contributed by atoms with Gasteiger partial charge in [-0.1, -0.05) is 0 Å². The lowest BCUT2D eigenvalue weighted by atomic mass is 10.3. The maximum absolute atomic E-state index is 5.51. The molecule has 1 aliphatic rings. The van der Waals surface area contributed by atoms with Gasteiger partial charge in [-0.2, -0.15) is 0 Å². The molecule has 3 heteroatoms. The molecule has 1 heterocycles. The molecular weight excluding hydrogens is 138 g/mol. The second-order valence-corrected chi connectivity index (χ2v) is 2.94. The molecule has 1 saturated carbocycles. The Morgan fingerprint density at radius 3 is 2.73 bits per heavy atom.